The number of hydrogen-bond acceptors (Lipinski definition) is 12. The van der Waals surface area contributed by atoms with Crippen LogP contribution in [0.5, 0.6) is 5.75 Å². The first-order valence-corrected chi connectivity index (χ1v) is 25.3. The number of piperidine rings is 1. The Labute approximate surface area is 411 Å². The Morgan fingerprint density at radius 1 is 0.857 bits per heavy atom. The van der Waals surface area contributed by atoms with Crippen molar-refractivity contribution in [3.63, 3.8) is 0 Å². The number of amides is 2. The van der Waals surface area contributed by atoms with Crippen LogP contribution in [0.2, 0.25) is 0 Å². The zero-order valence-electron chi connectivity index (χ0n) is 39.7. The van der Waals surface area contributed by atoms with Gasteiger partial charge >= 0.3 is 5.97 Å². The van der Waals surface area contributed by atoms with Crippen LogP contribution in [0.25, 0.3) is 32.2 Å². The molecule has 0 bridgehead atoms. The Hall–Kier alpha value is -6.88. The molecule has 0 aliphatic carbocycles. The highest BCUT2D eigenvalue weighted by atomic mass is 32.1. The lowest BCUT2D eigenvalue weighted by Gasteiger charge is -2.36. The van der Waals surface area contributed by atoms with Crippen LogP contribution in [-0.4, -0.2) is 105 Å². The highest BCUT2D eigenvalue weighted by Crippen LogP contribution is 2.36. The Kier molecular flexibility index (Phi) is 13.8. The number of carboxylic acids is 1. The predicted molar refractivity (Wildman–Crippen MR) is 274 cm³/mol. The summed E-state index contributed by atoms with van der Waals surface area (Å²) in [5, 5.41) is 32.2. The normalized spacial score (nSPS) is 17.4. The number of carboxylic acid groups (broad SMARTS) is 1. The second-order valence-corrected chi connectivity index (χ2v) is 19.7. The van der Waals surface area contributed by atoms with Crippen molar-refractivity contribution in [2.75, 3.05) is 61.0 Å². The van der Waals surface area contributed by atoms with Crippen LogP contribution >= 0.6 is 11.3 Å². The van der Waals surface area contributed by atoms with Gasteiger partial charge < -0.3 is 30.1 Å². The standard InChI is InChI=1S/C54H59N9O6S/c1-34-37(38-20-22-47(56-50(38)53(67)68)63-26-24-35-12-10-14-39(42(35)33-63)51(65)58-54-55-43-15-6-7-17-46(43)70-54)13-11-16-45(34)69-31-9-5-3-4-8-25-61-27-29-62(30-28-61)36-18-19-40-44(32-36)60(2)59-49(40)41-21-23-48(64)57-52(41)66/h6-7,10-20,22,32,41,48,64H,3-5,8-9,21,23-31,33H2,1-2H3,(H,57,66)(H,67,68)(H,55,58,65). The van der Waals surface area contributed by atoms with Crippen molar-refractivity contribution < 1.29 is 29.3 Å². The number of para-hydroxylation sites is 1. The molecule has 362 valence electrons. The fourth-order valence-electron chi connectivity index (χ4n) is 10.3. The Bertz CT molecular complexity index is 3040. The number of aliphatic hydroxyl groups is 1. The molecule has 16 heteroatoms. The van der Waals surface area contributed by atoms with Gasteiger partial charge in [-0.3, -0.25) is 24.5 Å². The van der Waals surface area contributed by atoms with Gasteiger partial charge in [0, 0.05) is 68.5 Å². The number of nitrogens with one attached hydrogen (secondary N) is 2. The molecule has 7 aromatic rings. The van der Waals surface area contributed by atoms with Crippen LogP contribution in [0, 0.1) is 6.92 Å². The Morgan fingerprint density at radius 2 is 1.67 bits per heavy atom. The number of unbranched alkanes of at least 4 members (excludes halogenated alkanes) is 4. The number of ether oxygens (including phenoxy) is 1. The molecule has 0 spiro atoms. The number of nitrogens with zero attached hydrogens (tertiary/aromatic N) is 7. The van der Waals surface area contributed by atoms with Crippen molar-refractivity contribution in [1.29, 1.82) is 0 Å². The van der Waals surface area contributed by atoms with Gasteiger partial charge in [-0.1, -0.05) is 67.0 Å². The summed E-state index contributed by atoms with van der Waals surface area (Å²) in [5.74, 6) is -0.566. The molecule has 3 aromatic heterocycles. The zero-order valence-corrected chi connectivity index (χ0v) is 40.5. The molecular weight excluding hydrogens is 903 g/mol. The molecule has 6 heterocycles. The van der Waals surface area contributed by atoms with Crippen LogP contribution in [0.3, 0.4) is 0 Å². The molecule has 3 aliphatic rings. The molecule has 4 N–H and O–H groups in total. The van der Waals surface area contributed by atoms with Crippen molar-refractivity contribution in [2.45, 2.75) is 77.0 Å². The number of aliphatic hydroxyl groups excluding tert-OH is 1. The number of rotatable bonds is 16. The third-order valence-electron chi connectivity index (χ3n) is 14.2. The van der Waals surface area contributed by atoms with Gasteiger partial charge in [-0.15, -0.1) is 0 Å². The summed E-state index contributed by atoms with van der Waals surface area (Å²) < 4.78 is 9.17. The number of pyridine rings is 1. The highest BCUT2D eigenvalue weighted by Gasteiger charge is 2.32. The zero-order chi connectivity index (χ0) is 48.3. The molecule has 0 saturated carbocycles. The molecule has 0 radical (unpaired) electrons. The third-order valence-corrected chi connectivity index (χ3v) is 15.1. The molecule has 2 atom stereocenters. The number of aromatic nitrogens is 4. The molecule has 10 rings (SSSR count). The summed E-state index contributed by atoms with van der Waals surface area (Å²) in [6.45, 7) is 8.64. The number of piperazine rings is 1. The number of hydrogen-bond donors (Lipinski definition) is 4. The van der Waals surface area contributed by atoms with Crippen molar-refractivity contribution in [3.05, 3.63) is 125 Å². The lowest BCUT2D eigenvalue weighted by atomic mass is 9.92. The van der Waals surface area contributed by atoms with Crippen LogP contribution in [-0.2, 0) is 24.8 Å². The Balaban J connectivity index is 0.679. The van der Waals surface area contributed by atoms with Crippen molar-refractivity contribution >= 4 is 66.9 Å². The van der Waals surface area contributed by atoms with Gasteiger partial charge in [0.1, 0.15) is 17.8 Å². The average molecular weight is 962 g/mol. The molecule has 2 amide bonds. The SMILES string of the molecule is Cc1c(OCCCCCCCN2CCN(c3ccc4c(C5CCC(O)NC5=O)nn(C)c4c3)CC2)cccc1-c1ccc(N2CCc3cccc(C(=O)Nc4nc5ccccc5s4)c3C2)nc1C(=O)O. The minimum absolute atomic E-state index is 0.0274. The smallest absolute Gasteiger partial charge is 0.355 e. The maximum absolute atomic E-state index is 13.6. The molecule has 2 unspecified atom stereocenters. The summed E-state index contributed by atoms with van der Waals surface area (Å²) >= 11 is 1.44. The molecule has 2 fully saturated rings. The van der Waals surface area contributed by atoms with Crippen molar-refractivity contribution in [1.82, 2.24) is 30.0 Å². The monoisotopic (exact) mass is 961 g/mol. The van der Waals surface area contributed by atoms with Crippen LogP contribution < -0.4 is 25.2 Å². The van der Waals surface area contributed by atoms with Gasteiger partial charge in [-0.25, -0.2) is 14.8 Å². The number of carbonyl (C=O) groups excluding carboxylic acids is 2. The molecule has 15 nitrogen and oxygen atoms in total. The van der Waals surface area contributed by atoms with E-state index >= 15 is 0 Å². The summed E-state index contributed by atoms with van der Waals surface area (Å²) in [4.78, 5) is 55.4. The molecule has 4 aromatic carbocycles. The topological polar surface area (TPSA) is 178 Å². The van der Waals surface area contributed by atoms with Gasteiger partial charge in [0.05, 0.1) is 34.0 Å². The number of anilines is 3. The van der Waals surface area contributed by atoms with Gasteiger partial charge in [0.2, 0.25) is 5.91 Å². The first-order valence-electron chi connectivity index (χ1n) is 24.5. The number of fused-ring (bicyclic) bond motifs is 3. The number of aromatic carboxylic acids is 1. The second kappa shape index (κ2) is 20.6. The summed E-state index contributed by atoms with van der Waals surface area (Å²) in [6.07, 6.45) is 6.49. The predicted octanol–water partition coefficient (Wildman–Crippen LogP) is 8.53. The van der Waals surface area contributed by atoms with Gasteiger partial charge in [-0.2, -0.15) is 5.10 Å². The third kappa shape index (κ3) is 9.93. The number of aryl methyl sites for hydroxylation is 1. The van der Waals surface area contributed by atoms with E-state index in [2.05, 4.69) is 43.6 Å². The maximum atomic E-state index is 13.6. The average Bonchev–Trinajstić information content (AvgIpc) is 3.94. The fourth-order valence-corrected chi connectivity index (χ4v) is 11.2. The lowest BCUT2D eigenvalue weighted by molar-refractivity contribution is -0.128. The first-order chi connectivity index (χ1) is 34.1. The summed E-state index contributed by atoms with van der Waals surface area (Å²) in [5.41, 5.74) is 8.50. The van der Waals surface area contributed by atoms with E-state index < -0.39 is 12.2 Å². The van der Waals surface area contributed by atoms with E-state index in [9.17, 15) is 24.6 Å². The number of thiazole rings is 1. The Morgan fingerprint density at radius 3 is 2.50 bits per heavy atom. The number of benzene rings is 4. The van der Waals surface area contributed by atoms with E-state index in [0.29, 0.717) is 61.0 Å². The van der Waals surface area contributed by atoms with Crippen molar-refractivity contribution in [2.24, 2.45) is 7.05 Å². The van der Waals surface area contributed by atoms with Crippen molar-refractivity contribution in [3.8, 4) is 16.9 Å². The van der Waals surface area contributed by atoms with E-state index in [0.717, 1.165) is 113 Å². The van der Waals surface area contributed by atoms with E-state index in [1.807, 2.05) is 96.3 Å². The van der Waals surface area contributed by atoms with E-state index in [1.165, 1.54) is 23.4 Å². The molecule has 70 heavy (non-hydrogen) atoms. The maximum Gasteiger partial charge on any atom is 0.355 e. The van der Waals surface area contributed by atoms with Gasteiger partial charge in [0.15, 0.2) is 10.8 Å². The van der Waals surface area contributed by atoms with Crippen LogP contribution in [0.1, 0.15) is 94.1 Å². The molecule has 2 saturated heterocycles. The van der Waals surface area contributed by atoms with Crippen LogP contribution in [0.15, 0.2) is 91.0 Å². The van der Waals surface area contributed by atoms with E-state index in [1.54, 1.807) is 0 Å². The number of carbonyl (C=O) groups is 3. The quantitative estimate of drug-likeness (QED) is 0.0680. The molecular formula is C54H59N9O6S. The molecule has 3 aliphatic heterocycles. The first kappa shape index (κ1) is 46.8. The van der Waals surface area contributed by atoms with Gasteiger partial charge in [0.25, 0.3) is 5.91 Å². The summed E-state index contributed by atoms with van der Waals surface area (Å²) in [6, 6.07) is 29.5. The highest BCUT2D eigenvalue weighted by molar-refractivity contribution is 7.22. The van der Waals surface area contributed by atoms with E-state index in [-0.39, 0.29) is 23.4 Å². The van der Waals surface area contributed by atoms with Gasteiger partial charge in [-0.05, 0) is 122 Å². The lowest BCUT2D eigenvalue weighted by Crippen LogP contribution is -2.46. The minimum atomic E-state index is -1.11. The fraction of sp³-hybridized carbons (Fsp3) is 0.370. The summed E-state index contributed by atoms with van der Waals surface area (Å²) in [7, 11) is 1.93. The van der Waals surface area contributed by atoms with E-state index in [4.69, 9.17) is 14.8 Å². The second-order valence-electron chi connectivity index (χ2n) is 18.7. The minimum Gasteiger partial charge on any atom is -0.493 e. The van der Waals surface area contributed by atoms with Crippen LogP contribution in [0.4, 0.5) is 16.6 Å². The largest absolute Gasteiger partial charge is 0.493 e.